The second-order valence-corrected chi connectivity index (χ2v) is 4.38. The van der Waals surface area contributed by atoms with E-state index >= 15 is 0 Å². The van der Waals surface area contributed by atoms with Crippen molar-refractivity contribution < 1.29 is 18.0 Å². The van der Waals surface area contributed by atoms with E-state index in [1.807, 2.05) is 0 Å². The molecule has 1 amide bonds. The zero-order chi connectivity index (χ0) is 10.3. The van der Waals surface area contributed by atoms with Gasteiger partial charge in [0.05, 0.1) is 5.75 Å². The highest BCUT2D eigenvalue weighted by molar-refractivity contribution is 7.89. The molecule has 0 saturated heterocycles. The van der Waals surface area contributed by atoms with Gasteiger partial charge in [-0.1, -0.05) is 4.89 Å². The molecule has 0 aliphatic heterocycles. The quantitative estimate of drug-likeness (QED) is 0.431. The van der Waals surface area contributed by atoms with Crippen molar-refractivity contribution in [3.05, 3.63) is 0 Å². The fourth-order valence-electron chi connectivity index (χ4n) is 0.477. The number of amides is 1. The Balaban J connectivity index is 3.70. The largest absolute Gasteiger partial charge is 0.368 e. The second-order valence-electron chi connectivity index (χ2n) is 2.20. The molecule has 0 unspecified atom stereocenters. The zero-order valence-corrected chi connectivity index (χ0v) is 8.40. The maximum Gasteiger partial charge on any atom is 0.245 e. The third-order valence-corrected chi connectivity index (χ3v) is 2.41. The molecule has 0 aliphatic carbocycles. The predicted molar refractivity (Wildman–Crippen MR) is 47.4 cm³/mol. The molecule has 8 heteroatoms. The predicted octanol–water partition coefficient (Wildman–Crippen LogP) is -1.05. The van der Waals surface area contributed by atoms with E-state index in [1.54, 1.807) is 4.89 Å². The average Bonchev–Trinajstić information content (AvgIpc) is 2.00. The molecule has 78 valence electrons. The van der Waals surface area contributed by atoms with Crippen molar-refractivity contribution >= 4 is 27.5 Å². The summed E-state index contributed by atoms with van der Waals surface area (Å²) < 4.78 is 21.8. The number of sulfonamides is 1. The Bertz CT molecular complexity index is 253. The summed E-state index contributed by atoms with van der Waals surface area (Å²) in [4.78, 5) is 16.2. The Labute approximate surface area is 81.4 Å². The van der Waals surface area contributed by atoms with Crippen LogP contribution in [-0.4, -0.2) is 32.6 Å². The van der Waals surface area contributed by atoms with Crippen molar-refractivity contribution in [2.24, 2.45) is 5.73 Å². The molecule has 0 radical (unpaired) electrons. The maximum atomic E-state index is 10.9. The van der Waals surface area contributed by atoms with Crippen LogP contribution in [0.2, 0.25) is 0 Å². The molecular formula is C5H11ClN2O4S. The summed E-state index contributed by atoms with van der Waals surface area (Å²) in [6.45, 7) is -0.486. The third-order valence-electron chi connectivity index (χ3n) is 0.947. The van der Waals surface area contributed by atoms with Crippen LogP contribution in [0.5, 0.6) is 0 Å². The van der Waals surface area contributed by atoms with Gasteiger partial charge in [-0.25, -0.2) is 8.42 Å². The Morgan fingerprint density at radius 2 is 2.15 bits per heavy atom. The fourth-order valence-corrected chi connectivity index (χ4v) is 1.61. The van der Waals surface area contributed by atoms with E-state index in [-0.39, 0.29) is 11.6 Å². The lowest BCUT2D eigenvalue weighted by Crippen LogP contribution is -2.31. The van der Waals surface area contributed by atoms with Crippen molar-refractivity contribution in [2.75, 3.05) is 18.2 Å². The van der Waals surface area contributed by atoms with Crippen molar-refractivity contribution in [2.45, 2.75) is 6.42 Å². The number of nitrogens with one attached hydrogen (secondary N) is 1. The summed E-state index contributed by atoms with van der Waals surface area (Å²) in [5.41, 5.74) is 4.70. The van der Waals surface area contributed by atoms with Crippen LogP contribution in [0.3, 0.4) is 0 Å². The lowest BCUT2D eigenvalue weighted by molar-refractivity contribution is -0.123. The van der Waals surface area contributed by atoms with Crippen LogP contribution in [-0.2, 0) is 19.7 Å². The van der Waals surface area contributed by atoms with Gasteiger partial charge in [0.2, 0.25) is 15.9 Å². The Morgan fingerprint density at radius 3 is 2.62 bits per heavy atom. The maximum absolute atomic E-state index is 10.9. The van der Waals surface area contributed by atoms with Crippen LogP contribution in [0, 0.1) is 0 Å². The number of hydrogen-bond acceptors (Lipinski definition) is 4. The molecule has 0 rings (SSSR count). The van der Waals surface area contributed by atoms with Crippen molar-refractivity contribution in [3.8, 4) is 0 Å². The number of nitrogens with two attached hydrogens (primary N) is 1. The summed E-state index contributed by atoms with van der Waals surface area (Å²) in [6, 6.07) is 0. The molecule has 0 atom stereocenters. The number of alkyl halides is 1. The number of hydrogen-bond donors (Lipinski definition) is 2. The smallest absolute Gasteiger partial charge is 0.245 e. The second kappa shape index (κ2) is 6.14. The number of carbonyl (C=O) groups excluding carboxylic acids is 1. The van der Waals surface area contributed by atoms with Crippen LogP contribution in [0.1, 0.15) is 6.42 Å². The monoisotopic (exact) mass is 230 g/mol. The first-order valence-electron chi connectivity index (χ1n) is 3.43. The normalized spacial score (nSPS) is 11.5. The van der Waals surface area contributed by atoms with Gasteiger partial charge in [-0.05, 0) is 6.42 Å². The van der Waals surface area contributed by atoms with E-state index in [0.717, 1.165) is 0 Å². The van der Waals surface area contributed by atoms with Gasteiger partial charge in [0, 0.05) is 5.88 Å². The molecule has 0 bridgehead atoms. The van der Waals surface area contributed by atoms with Gasteiger partial charge in [-0.2, -0.15) is 0 Å². The zero-order valence-electron chi connectivity index (χ0n) is 6.82. The minimum Gasteiger partial charge on any atom is -0.368 e. The minimum atomic E-state index is -3.50. The molecule has 0 aromatic heterocycles. The van der Waals surface area contributed by atoms with Gasteiger partial charge in [-0.3, -0.25) is 9.63 Å². The Hall–Kier alpha value is -0.370. The van der Waals surface area contributed by atoms with E-state index in [4.69, 9.17) is 17.3 Å². The van der Waals surface area contributed by atoms with E-state index in [0.29, 0.717) is 6.42 Å². The molecule has 0 fully saturated rings. The summed E-state index contributed by atoms with van der Waals surface area (Å²) >= 11 is 5.28. The highest BCUT2D eigenvalue weighted by atomic mass is 35.5. The molecule has 6 nitrogen and oxygen atoms in total. The van der Waals surface area contributed by atoms with E-state index in [2.05, 4.69) is 4.84 Å². The summed E-state index contributed by atoms with van der Waals surface area (Å²) in [5, 5.41) is 0. The van der Waals surface area contributed by atoms with Gasteiger partial charge in [0.25, 0.3) is 0 Å². The van der Waals surface area contributed by atoms with Crippen LogP contribution in [0.4, 0.5) is 0 Å². The summed E-state index contributed by atoms with van der Waals surface area (Å²) in [7, 11) is -3.50. The van der Waals surface area contributed by atoms with E-state index in [9.17, 15) is 13.2 Å². The number of halogens is 1. The minimum absolute atomic E-state index is 0.144. The molecule has 0 aromatic carbocycles. The van der Waals surface area contributed by atoms with Crippen LogP contribution in [0.25, 0.3) is 0 Å². The third kappa shape index (κ3) is 7.97. The topological polar surface area (TPSA) is 98.5 Å². The highest BCUT2D eigenvalue weighted by Crippen LogP contribution is 1.91. The van der Waals surface area contributed by atoms with Gasteiger partial charge in [-0.15, -0.1) is 11.6 Å². The molecule has 0 spiro atoms. The van der Waals surface area contributed by atoms with Crippen LogP contribution in [0.15, 0.2) is 0 Å². The van der Waals surface area contributed by atoms with Gasteiger partial charge in [0.1, 0.15) is 6.61 Å². The van der Waals surface area contributed by atoms with Crippen LogP contribution < -0.4 is 10.6 Å². The van der Waals surface area contributed by atoms with Gasteiger partial charge < -0.3 is 5.73 Å². The first-order valence-corrected chi connectivity index (χ1v) is 5.62. The van der Waals surface area contributed by atoms with Crippen molar-refractivity contribution in [1.29, 1.82) is 0 Å². The molecular weight excluding hydrogens is 220 g/mol. The SMILES string of the molecule is NC(=O)CONS(=O)(=O)CCCCl. The van der Waals surface area contributed by atoms with E-state index in [1.165, 1.54) is 0 Å². The summed E-state index contributed by atoms with van der Waals surface area (Å²) in [5.74, 6) is -0.647. The number of carbonyl (C=O) groups is 1. The standard InChI is InChI=1S/C5H11ClN2O4S/c6-2-1-3-13(10,11)8-12-4-5(7)9/h8H,1-4H2,(H2,7,9). The highest BCUT2D eigenvalue weighted by Gasteiger charge is 2.09. The average molecular weight is 231 g/mol. The molecule has 0 aromatic rings. The molecule has 0 aliphatic rings. The van der Waals surface area contributed by atoms with E-state index < -0.39 is 22.5 Å². The number of primary amides is 1. The first kappa shape index (κ1) is 12.6. The van der Waals surface area contributed by atoms with Crippen molar-refractivity contribution in [3.63, 3.8) is 0 Å². The first-order chi connectivity index (χ1) is 5.98. The summed E-state index contributed by atoms with van der Waals surface area (Å²) in [6.07, 6.45) is 0.316. The molecule has 13 heavy (non-hydrogen) atoms. The number of rotatable bonds is 7. The molecule has 3 N–H and O–H groups in total. The fraction of sp³-hybridized carbons (Fsp3) is 0.800. The molecule has 0 saturated carbocycles. The van der Waals surface area contributed by atoms with Crippen LogP contribution >= 0.6 is 11.6 Å². The molecule has 0 heterocycles. The lowest BCUT2D eigenvalue weighted by Gasteiger charge is -2.03. The Morgan fingerprint density at radius 1 is 1.54 bits per heavy atom. The lowest BCUT2D eigenvalue weighted by atomic mass is 10.6. The Kier molecular flexibility index (Phi) is 5.97. The van der Waals surface area contributed by atoms with Crippen molar-refractivity contribution in [1.82, 2.24) is 4.89 Å². The van der Waals surface area contributed by atoms with Gasteiger partial charge in [0.15, 0.2) is 0 Å². The van der Waals surface area contributed by atoms with Gasteiger partial charge >= 0.3 is 0 Å².